The maximum atomic E-state index is 11.7. The molecule has 0 aromatic heterocycles. The van der Waals surface area contributed by atoms with Crippen LogP contribution in [0.2, 0.25) is 0 Å². The number of imide groups is 1. The predicted octanol–water partition coefficient (Wildman–Crippen LogP) is 2.08. The first-order valence-corrected chi connectivity index (χ1v) is 6.84. The molecule has 1 aliphatic heterocycles. The fourth-order valence-corrected chi connectivity index (χ4v) is 2.96. The third-order valence-corrected chi connectivity index (χ3v) is 4.15. The summed E-state index contributed by atoms with van der Waals surface area (Å²) in [5, 5.41) is 2.33. The van der Waals surface area contributed by atoms with Crippen LogP contribution >= 0.6 is 11.8 Å². The van der Waals surface area contributed by atoms with Crippen LogP contribution in [-0.2, 0) is 4.79 Å². The van der Waals surface area contributed by atoms with E-state index in [1.54, 1.807) is 21.0 Å². The molecule has 3 amide bonds. The first kappa shape index (κ1) is 13.7. The highest BCUT2D eigenvalue weighted by molar-refractivity contribution is 7.99. The largest absolute Gasteiger partial charge is 0.496 e. The van der Waals surface area contributed by atoms with Gasteiger partial charge in [0.1, 0.15) is 11.3 Å². The number of benzene rings is 1. The third-order valence-electron chi connectivity index (χ3n) is 3.11. The molecule has 5 nitrogen and oxygen atoms in total. The number of carbonyl (C=O) groups excluding carboxylic acids is 2. The average Bonchev–Trinajstić information content (AvgIpc) is 2.57. The van der Waals surface area contributed by atoms with Crippen molar-refractivity contribution in [3.8, 4) is 5.75 Å². The maximum absolute atomic E-state index is 11.7. The maximum Gasteiger partial charge on any atom is 0.325 e. The van der Waals surface area contributed by atoms with Crippen LogP contribution < -0.4 is 10.1 Å². The lowest BCUT2D eigenvalue weighted by Gasteiger charge is -2.27. The van der Waals surface area contributed by atoms with Gasteiger partial charge >= 0.3 is 6.03 Å². The lowest BCUT2D eigenvalue weighted by atomic mass is 10.1. The molecule has 1 N–H and O–H groups in total. The van der Waals surface area contributed by atoms with Gasteiger partial charge in [0.05, 0.1) is 17.9 Å². The quantitative estimate of drug-likeness (QED) is 0.677. The van der Waals surface area contributed by atoms with Crippen molar-refractivity contribution in [2.75, 3.05) is 13.0 Å². The van der Waals surface area contributed by atoms with E-state index in [0.29, 0.717) is 5.88 Å². The Labute approximate surface area is 116 Å². The van der Waals surface area contributed by atoms with E-state index in [1.165, 1.54) is 16.7 Å². The molecule has 19 heavy (non-hydrogen) atoms. The van der Waals surface area contributed by atoms with E-state index in [9.17, 15) is 9.59 Å². The number of hydrogen-bond donors (Lipinski definition) is 1. The fraction of sp³-hybridized carbons (Fsp3) is 0.385. The Bertz CT molecular complexity index is 516. The summed E-state index contributed by atoms with van der Waals surface area (Å²) in [6, 6.07) is 7.23. The summed E-state index contributed by atoms with van der Waals surface area (Å²) in [5.41, 5.74) is -0.813. The molecule has 0 unspecified atom stereocenters. The number of nitrogens with one attached hydrogen (secondary N) is 1. The average molecular weight is 280 g/mol. The van der Waals surface area contributed by atoms with Crippen molar-refractivity contribution in [3.63, 3.8) is 0 Å². The van der Waals surface area contributed by atoms with Gasteiger partial charge in [-0.15, -0.1) is 11.8 Å². The zero-order valence-electron chi connectivity index (χ0n) is 11.1. The molecular formula is C13H16N2O3S. The molecule has 0 spiro atoms. The second-order valence-corrected chi connectivity index (χ2v) is 5.66. The minimum atomic E-state index is -0.813. The predicted molar refractivity (Wildman–Crippen MR) is 73.2 cm³/mol. The van der Waals surface area contributed by atoms with Crippen molar-refractivity contribution < 1.29 is 14.3 Å². The molecular weight excluding hydrogens is 264 g/mol. The zero-order chi connectivity index (χ0) is 14.0. The highest BCUT2D eigenvalue weighted by atomic mass is 32.2. The van der Waals surface area contributed by atoms with E-state index in [0.717, 1.165) is 10.6 Å². The van der Waals surface area contributed by atoms with Crippen LogP contribution in [0.15, 0.2) is 29.2 Å². The first-order valence-electron chi connectivity index (χ1n) is 5.85. The molecule has 1 fully saturated rings. The van der Waals surface area contributed by atoms with E-state index in [4.69, 9.17) is 4.74 Å². The molecule has 0 radical (unpaired) electrons. The third kappa shape index (κ3) is 2.53. The Morgan fingerprint density at radius 3 is 2.58 bits per heavy atom. The van der Waals surface area contributed by atoms with Crippen molar-refractivity contribution >= 4 is 23.7 Å². The smallest absolute Gasteiger partial charge is 0.325 e. The molecule has 1 aromatic carbocycles. The fourth-order valence-electron chi connectivity index (χ4n) is 1.79. The van der Waals surface area contributed by atoms with Crippen LogP contribution in [0.25, 0.3) is 0 Å². The second kappa shape index (κ2) is 5.13. The second-order valence-electron chi connectivity index (χ2n) is 4.67. The highest BCUT2D eigenvalue weighted by Crippen LogP contribution is 2.32. The van der Waals surface area contributed by atoms with Gasteiger partial charge in [-0.05, 0) is 26.0 Å². The summed E-state index contributed by atoms with van der Waals surface area (Å²) in [5.74, 6) is 0.889. The van der Waals surface area contributed by atoms with Crippen LogP contribution in [-0.4, -0.2) is 35.4 Å². The number of ether oxygens (including phenoxy) is 1. The standard InChI is InChI=1S/C13H16N2O3S/c1-13(2)11(16)14-12(17)15(13)8-19-10-7-5-4-6-9(10)18-3/h4-7H,8H2,1-3H3,(H,14,16,17). The lowest BCUT2D eigenvalue weighted by Crippen LogP contribution is -2.43. The normalized spacial score (nSPS) is 17.5. The van der Waals surface area contributed by atoms with E-state index in [1.807, 2.05) is 24.3 Å². The molecule has 6 heteroatoms. The molecule has 1 aromatic rings. The van der Waals surface area contributed by atoms with Crippen LogP contribution in [0.3, 0.4) is 0 Å². The number of amides is 3. The Hall–Kier alpha value is -1.69. The monoisotopic (exact) mass is 280 g/mol. The molecule has 0 bridgehead atoms. The van der Waals surface area contributed by atoms with Crippen molar-refractivity contribution in [1.29, 1.82) is 0 Å². The van der Waals surface area contributed by atoms with Crippen LogP contribution in [0.5, 0.6) is 5.75 Å². The number of methoxy groups -OCH3 is 1. The van der Waals surface area contributed by atoms with Gasteiger partial charge in [0.15, 0.2) is 0 Å². The zero-order valence-corrected chi connectivity index (χ0v) is 11.9. The lowest BCUT2D eigenvalue weighted by molar-refractivity contribution is -0.124. The van der Waals surface area contributed by atoms with Crippen LogP contribution in [0, 0.1) is 0 Å². The molecule has 2 rings (SSSR count). The Kier molecular flexibility index (Phi) is 3.71. The topological polar surface area (TPSA) is 58.6 Å². The SMILES string of the molecule is COc1ccccc1SCN1C(=O)NC(=O)C1(C)C. The Morgan fingerprint density at radius 2 is 2.00 bits per heavy atom. The summed E-state index contributed by atoms with van der Waals surface area (Å²) >= 11 is 1.46. The number of nitrogens with zero attached hydrogens (tertiary/aromatic N) is 1. The summed E-state index contributed by atoms with van der Waals surface area (Å²) in [7, 11) is 1.61. The number of thioether (sulfide) groups is 1. The molecule has 0 saturated carbocycles. The van der Waals surface area contributed by atoms with Gasteiger partial charge in [0, 0.05) is 0 Å². The van der Waals surface area contributed by atoms with Crippen molar-refractivity contribution in [3.05, 3.63) is 24.3 Å². The van der Waals surface area contributed by atoms with Gasteiger partial charge in [0.25, 0.3) is 5.91 Å². The molecule has 1 aliphatic rings. The van der Waals surface area contributed by atoms with E-state index < -0.39 is 5.54 Å². The number of carbonyl (C=O) groups is 2. The van der Waals surface area contributed by atoms with Gasteiger partial charge in [-0.3, -0.25) is 10.1 Å². The minimum absolute atomic E-state index is 0.266. The van der Waals surface area contributed by atoms with Crippen molar-refractivity contribution in [2.24, 2.45) is 0 Å². The number of urea groups is 1. The summed E-state index contributed by atoms with van der Waals surface area (Å²) < 4.78 is 5.25. The van der Waals surface area contributed by atoms with Gasteiger partial charge in [-0.1, -0.05) is 12.1 Å². The Balaban J connectivity index is 2.10. The van der Waals surface area contributed by atoms with Crippen LogP contribution in [0.4, 0.5) is 4.79 Å². The van der Waals surface area contributed by atoms with Gasteiger partial charge in [-0.2, -0.15) is 0 Å². The van der Waals surface area contributed by atoms with Crippen molar-refractivity contribution in [1.82, 2.24) is 10.2 Å². The number of para-hydroxylation sites is 1. The number of hydrogen-bond acceptors (Lipinski definition) is 4. The summed E-state index contributed by atoms with van der Waals surface area (Å²) in [6.45, 7) is 3.46. The first-order chi connectivity index (χ1) is 8.96. The van der Waals surface area contributed by atoms with Crippen LogP contribution in [0.1, 0.15) is 13.8 Å². The summed E-state index contributed by atoms with van der Waals surface area (Å²) in [6.07, 6.45) is 0. The van der Waals surface area contributed by atoms with E-state index >= 15 is 0 Å². The summed E-state index contributed by atoms with van der Waals surface area (Å²) in [4.78, 5) is 25.8. The van der Waals surface area contributed by atoms with Gasteiger partial charge in [-0.25, -0.2) is 4.79 Å². The number of rotatable bonds is 4. The molecule has 0 atom stereocenters. The Morgan fingerprint density at radius 1 is 1.32 bits per heavy atom. The molecule has 1 saturated heterocycles. The van der Waals surface area contributed by atoms with Gasteiger partial charge < -0.3 is 9.64 Å². The molecule has 102 valence electrons. The molecule has 0 aliphatic carbocycles. The van der Waals surface area contributed by atoms with E-state index in [2.05, 4.69) is 5.32 Å². The van der Waals surface area contributed by atoms with Crippen molar-refractivity contribution in [2.45, 2.75) is 24.3 Å². The van der Waals surface area contributed by atoms with E-state index in [-0.39, 0.29) is 11.9 Å². The van der Waals surface area contributed by atoms with Gasteiger partial charge in [0.2, 0.25) is 0 Å². The molecule has 1 heterocycles. The minimum Gasteiger partial charge on any atom is -0.496 e. The highest BCUT2D eigenvalue weighted by Gasteiger charge is 2.45.